The highest BCUT2D eigenvalue weighted by Gasteiger charge is 2.22. The third kappa shape index (κ3) is 2.82. The smallest absolute Gasteiger partial charge is 0.332 e. The first-order valence-electron chi connectivity index (χ1n) is 8.83. The molecule has 0 aliphatic carbocycles. The van der Waals surface area contributed by atoms with Gasteiger partial charge in [-0.2, -0.15) is 0 Å². The molecule has 0 atom stereocenters. The molecule has 2 aromatic heterocycles. The summed E-state index contributed by atoms with van der Waals surface area (Å²) in [6, 6.07) is 10.4. The van der Waals surface area contributed by atoms with Crippen molar-refractivity contribution in [1.82, 2.24) is 19.1 Å². The lowest BCUT2D eigenvalue weighted by atomic mass is 10.2. The van der Waals surface area contributed by atoms with E-state index in [1.807, 2.05) is 6.07 Å². The van der Waals surface area contributed by atoms with Crippen molar-refractivity contribution >= 4 is 16.9 Å². The van der Waals surface area contributed by atoms with Gasteiger partial charge < -0.3 is 14.8 Å². The number of hydrogen-bond acceptors (Lipinski definition) is 4. The Kier molecular flexibility index (Phi) is 4.12. The molecule has 1 aromatic carbocycles. The van der Waals surface area contributed by atoms with Crippen molar-refractivity contribution < 1.29 is 4.90 Å². The molecule has 3 heterocycles. The highest BCUT2D eigenvalue weighted by molar-refractivity contribution is 5.69. The van der Waals surface area contributed by atoms with Crippen LogP contribution >= 0.6 is 0 Å². The zero-order valence-electron chi connectivity index (χ0n) is 15.0. The topological polar surface area (TPSA) is 80.4 Å². The SMILES string of the molecule is Cn1c(=O)c2[nH]c(C[NH+]3CCN(c4ccccc4)CC3)nc2n(C)c1=O. The molecule has 136 valence electrons. The maximum atomic E-state index is 12.3. The minimum atomic E-state index is -0.357. The van der Waals surface area contributed by atoms with Gasteiger partial charge in [-0.1, -0.05) is 18.2 Å². The number of rotatable bonds is 3. The number of nitrogens with one attached hydrogen (secondary N) is 2. The summed E-state index contributed by atoms with van der Waals surface area (Å²) in [7, 11) is 3.12. The standard InChI is InChI=1S/C18H22N6O2/c1-21-16-15(17(25)22(2)18(21)26)19-14(20-16)12-23-8-10-24(11-9-23)13-6-4-3-5-7-13/h3-7H,8-12H2,1-2H3,(H,19,20)/p+1. The number of fused-ring (bicyclic) bond motifs is 1. The van der Waals surface area contributed by atoms with Crippen LogP contribution in [0.2, 0.25) is 0 Å². The monoisotopic (exact) mass is 355 g/mol. The molecule has 0 saturated carbocycles. The van der Waals surface area contributed by atoms with Gasteiger partial charge in [0.25, 0.3) is 5.56 Å². The average Bonchev–Trinajstić information content (AvgIpc) is 3.10. The van der Waals surface area contributed by atoms with E-state index in [9.17, 15) is 9.59 Å². The minimum Gasteiger partial charge on any atom is -0.360 e. The maximum absolute atomic E-state index is 12.3. The van der Waals surface area contributed by atoms with Crippen molar-refractivity contribution in [1.29, 1.82) is 0 Å². The van der Waals surface area contributed by atoms with Crippen molar-refractivity contribution in [3.05, 3.63) is 57.0 Å². The molecular weight excluding hydrogens is 332 g/mol. The van der Waals surface area contributed by atoms with Crippen LogP contribution in [0.25, 0.3) is 11.2 Å². The van der Waals surface area contributed by atoms with E-state index in [0.29, 0.717) is 17.7 Å². The number of piperazine rings is 1. The number of quaternary nitrogens is 1. The zero-order valence-corrected chi connectivity index (χ0v) is 15.0. The fourth-order valence-electron chi connectivity index (χ4n) is 3.59. The Balaban J connectivity index is 1.51. The summed E-state index contributed by atoms with van der Waals surface area (Å²) >= 11 is 0. The van der Waals surface area contributed by atoms with Crippen molar-refractivity contribution in [2.24, 2.45) is 14.1 Å². The summed E-state index contributed by atoms with van der Waals surface area (Å²) in [6.45, 7) is 4.69. The lowest BCUT2D eigenvalue weighted by Gasteiger charge is -2.33. The van der Waals surface area contributed by atoms with Gasteiger partial charge in [-0.15, -0.1) is 0 Å². The Morgan fingerprint density at radius 3 is 2.46 bits per heavy atom. The van der Waals surface area contributed by atoms with E-state index in [1.54, 1.807) is 7.05 Å². The van der Waals surface area contributed by atoms with Crippen LogP contribution in [0.5, 0.6) is 0 Å². The van der Waals surface area contributed by atoms with E-state index in [-0.39, 0.29) is 11.2 Å². The number of imidazole rings is 1. The summed E-state index contributed by atoms with van der Waals surface area (Å²) < 4.78 is 2.52. The van der Waals surface area contributed by atoms with Crippen LogP contribution in [-0.2, 0) is 20.6 Å². The molecule has 8 nitrogen and oxygen atoms in total. The molecule has 0 unspecified atom stereocenters. The van der Waals surface area contributed by atoms with Gasteiger partial charge in [-0.25, -0.2) is 9.78 Å². The molecule has 1 aliphatic rings. The van der Waals surface area contributed by atoms with Gasteiger partial charge in [0, 0.05) is 19.8 Å². The van der Waals surface area contributed by atoms with Crippen LogP contribution < -0.4 is 21.0 Å². The first-order chi connectivity index (χ1) is 12.5. The lowest BCUT2D eigenvalue weighted by molar-refractivity contribution is -0.914. The maximum Gasteiger partial charge on any atom is 0.332 e. The Morgan fingerprint density at radius 2 is 1.77 bits per heavy atom. The van der Waals surface area contributed by atoms with Gasteiger partial charge in [0.1, 0.15) is 12.1 Å². The summed E-state index contributed by atoms with van der Waals surface area (Å²) in [4.78, 5) is 35.7. The molecule has 1 fully saturated rings. The number of aromatic amines is 1. The van der Waals surface area contributed by atoms with E-state index >= 15 is 0 Å². The van der Waals surface area contributed by atoms with Gasteiger partial charge in [-0.05, 0) is 12.1 Å². The van der Waals surface area contributed by atoms with Crippen molar-refractivity contribution in [3.8, 4) is 0 Å². The van der Waals surface area contributed by atoms with Gasteiger partial charge in [-0.3, -0.25) is 13.9 Å². The Bertz CT molecular complexity index is 1040. The number of aryl methyl sites for hydroxylation is 1. The molecule has 0 radical (unpaired) electrons. The van der Waals surface area contributed by atoms with E-state index in [1.165, 1.54) is 22.2 Å². The van der Waals surface area contributed by atoms with Crippen LogP contribution in [-0.4, -0.2) is 45.3 Å². The largest absolute Gasteiger partial charge is 0.360 e. The number of para-hydroxylation sites is 1. The predicted octanol–water partition coefficient (Wildman–Crippen LogP) is -1.13. The average molecular weight is 355 g/mol. The van der Waals surface area contributed by atoms with Crippen LogP contribution in [0, 0.1) is 0 Å². The summed E-state index contributed by atoms with van der Waals surface area (Å²) in [5.74, 6) is 0.751. The zero-order chi connectivity index (χ0) is 18.3. The number of hydrogen-bond donors (Lipinski definition) is 2. The number of aromatic nitrogens is 4. The molecule has 0 amide bonds. The Hall–Kier alpha value is -2.87. The molecule has 1 saturated heterocycles. The molecule has 26 heavy (non-hydrogen) atoms. The van der Waals surface area contributed by atoms with E-state index in [2.05, 4.69) is 39.1 Å². The van der Waals surface area contributed by atoms with Gasteiger partial charge >= 0.3 is 5.69 Å². The second kappa shape index (κ2) is 6.45. The van der Waals surface area contributed by atoms with Crippen LogP contribution in [0.3, 0.4) is 0 Å². The quantitative estimate of drug-likeness (QED) is 0.623. The lowest BCUT2D eigenvalue weighted by Crippen LogP contribution is -3.13. The molecule has 0 spiro atoms. The second-order valence-corrected chi connectivity index (χ2v) is 6.84. The fourth-order valence-corrected chi connectivity index (χ4v) is 3.59. The predicted molar refractivity (Wildman–Crippen MR) is 99.6 cm³/mol. The van der Waals surface area contributed by atoms with Crippen molar-refractivity contribution in [2.75, 3.05) is 31.1 Å². The normalized spacial score (nSPS) is 15.7. The number of H-pyrrole nitrogens is 1. The van der Waals surface area contributed by atoms with Crippen LogP contribution in [0.1, 0.15) is 5.82 Å². The molecule has 4 rings (SSSR count). The molecule has 0 bridgehead atoms. The van der Waals surface area contributed by atoms with Gasteiger partial charge in [0.15, 0.2) is 11.5 Å². The summed E-state index contributed by atoms with van der Waals surface area (Å²) in [5.41, 5.74) is 1.39. The number of nitrogens with zero attached hydrogens (tertiary/aromatic N) is 4. The van der Waals surface area contributed by atoms with E-state index in [4.69, 9.17) is 0 Å². The second-order valence-electron chi connectivity index (χ2n) is 6.84. The first kappa shape index (κ1) is 16.6. The molecule has 2 N–H and O–H groups in total. The highest BCUT2D eigenvalue weighted by atomic mass is 16.2. The third-order valence-electron chi connectivity index (χ3n) is 5.15. The van der Waals surface area contributed by atoms with Crippen molar-refractivity contribution in [2.45, 2.75) is 6.54 Å². The number of anilines is 1. The fraction of sp³-hybridized carbons (Fsp3) is 0.389. The first-order valence-corrected chi connectivity index (χ1v) is 8.83. The van der Waals surface area contributed by atoms with E-state index < -0.39 is 0 Å². The highest BCUT2D eigenvalue weighted by Crippen LogP contribution is 2.12. The van der Waals surface area contributed by atoms with Crippen LogP contribution in [0.15, 0.2) is 39.9 Å². The number of benzene rings is 1. The molecule has 8 heteroatoms. The molecular formula is C18H23N6O2+. The Labute approximate surface area is 150 Å². The van der Waals surface area contributed by atoms with E-state index in [0.717, 1.165) is 36.6 Å². The van der Waals surface area contributed by atoms with Crippen LogP contribution in [0.4, 0.5) is 5.69 Å². The van der Waals surface area contributed by atoms with Gasteiger partial charge in [0.2, 0.25) is 0 Å². The summed E-state index contributed by atoms with van der Waals surface area (Å²) in [5, 5.41) is 0. The third-order valence-corrected chi connectivity index (χ3v) is 5.15. The Morgan fingerprint density at radius 1 is 1.08 bits per heavy atom. The molecule has 3 aromatic rings. The van der Waals surface area contributed by atoms with Crippen molar-refractivity contribution in [3.63, 3.8) is 0 Å². The minimum absolute atomic E-state index is 0.328. The molecule has 1 aliphatic heterocycles. The summed E-state index contributed by atoms with van der Waals surface area (Å²) in [6.07, 6.45) is 0. The van der Waals surface area contributed by atoms with Gasteiger partial charge in [0.05, 0.1) is 26.2 Å².